The molecular weight excluding hydrogens is 484 g/mol. The van der Waals surface area contributed by atoms with Crippen LogP contribution in [0.5, 0.6) is 11.5 Å². The van der Waals surface area contributed by atoms with Gasteiger partial charge in [0.15, 0.2) is 18.1 Å². The molecule has 0 aliphatic heterocycles. The van der Waals surface area contributed by atoms with E-state index in [4.69, 9.17) is 14.8 Å². The van der Waals surface area contributed by atoms with Crippen LogP contribution in [0.4, 0.5) is 11.5 Å². The van der Waals surface area contributed by atoms with Gasteiger partial charge in [0.1, 0.15) is 17.3 Å². The van der Waals surface area contributed by atoms with E-state index in [0.717, 1.165) is 33.0 Å². The lowest BCUT2D eigenvalue weighted by Crippen LogP contribution is -2.11. The van der Waals surface area contributed by atoms with Crippen molar-refractivity contribution in [2.45, 2.75) is 26.8 Å². The average molecular weight is 509 g/mol. The Hall–Kier alpha value is -5.19. The zero-order chi connectivity index (χ0) is 26.5. The molecule has 1 aromatic carbocycles. The third-order valence-electron chi connectivity index (χ3n) is 5.66. The average Bonchev–Trinajstić information content (AvgIpc) is 3.34. The smallest absolute Gasteiger partial charge is 0.327 e. The van der Waals surface area contributed by atoms with Gasteiger partial charge < -0.3 is 15.2 Å². The molecule has 0 amide bonds. The van der Waals surface area contributed by atoms with Crippen LogP contribution in [-0.4, -0.2) is 46.2 Å². The molecule has 5 rings (SSSR count). The van der Waals surface area contributed by atoms with Crippen molar-refractivity contribution in [2.75, 3.05) is 5.32 Å². The lowest BCUT2D eigenvalue weighted by atomic mass is 10.1. The van der Waals surface area contributed by atoms with Crippen molar-refractivity contribution in [3.63, 3.8) is 0 Å². The molecule has 4 heterocycles. The number of anilines is 2. The van der Waals surface area contributed by atoms with Crippen molar-refractivity contribution in [3.8, 4) is 22.9 Å². The normalized spacial score (nSPS) is 10.8. The molecule has 38 heavy (non-hydrogen) atoms. The summed E-state index contributed by atoms with van der Waals surface area (Å²) in [6, 6.07) is 18.9. The van der Waals surface area contributed by atoms with Gasteiger partial charge in [0.05, 0.1) is 5.69 Å². The minimum Gasteiger partial charge on any atom is -0.480 e. The lowest BCUT2D eigenvalue weighted by molar-refractivity contribution is -0.138. The number of nitrogens with one attached hydrogen (secondary N) is 1. The Bertz CT molecular complexity index is 1570. The van der Waals surface area contributed by atoms with E-state index < -0.39 is 5.97 Å². The number of aromatic nitrogens is 7. The van der Waals surface area contributed by atoms with E-state index in [9.17, 15) is 4.79 Å². The molecule has 0 saturated heterocycles. The van der Waals surface area contributed by atoms with Gasteiger partial charge >= 0.3 is 5.97 Å². The van der Waals surface area contributed by atoms with Crippen LogP contribution in [0.15, 0.2) is 73.1 Å². The number of nitrogens with zero attached hydrogens (tertiary/aromatic N) is 7. The summed E-state index contributed by atoms with van der Waals surface area (Å²) < 4.78 is 6.25. The number of hydrogen-bond donors (Lipinski definition) is 2. The van der Waals surface area contributed by atoms with Gasteiger partial charge in [-0.25, -0.2) is 9.97 Å². The van der Waals surface area contributed by atoms with E-state index in [1.54, 1.807) is 18.5 Å². The van der Waals surface area contributed by atoms with Crippen LogP contribution in [0.25, 0.3) is 11.4 Å². The van der Waals surface area contributed by atoms with Crippen molar-refractivity contribution in [2.24, 2.45) is 0 Å². The second-order valence-electron chi connectivity index (χ2n) is 8.56. The second-order valence-corrected chi connectivity index (χ2v) is 8.56. The molecule has 0 spiro atoms. The number of carboxylic acid groups (broad SMARTS) is 1. The Morgan fingerprint density at radius 2 is 1.87 bits per heavy atom. The van der Waals surface area contributed by atoms with Gasteiger partial charge in [0, 0.05) is 36.3 Å². The predicted octanol–water partition coefficient (Wildman–Crippen LogP) is 4.35. The summed E-state index contributed by atoms with van der Waals surface area (Å²) in [5.74, 6) is 1.26. The lowest BCUT2D eigenvalue weighted by Gasteiger charge is -2.14. The third-order valence-corrected chi connectivity index (χ3v) is 5.66. The number of aliphatic carboxylic acids is 1. The van der Waals surface area contributed by atoms with E-state index in [0.29, 0.717) is 35.3 Å². The SMILES string of the molecule is Cc1cc(Oc2ccnc(Nc3ccc(Cc4nnn(CC(=O)O)n4)cc3)c2)c(-c2ccccn2)nc1C. The fourth-order valence-corrected chi connectivity index (χ4v) is 3.69. The molecule has 0 atom stereocenters. The fourth-order valence-electron chi connectivity index (χ4n) is 3.69. The third kappa shape index (κ3) is 5.95. The van der Waals surface area contributed by atoms with E-state index in [1.807, 2.05) is 68.4 Å². The molecule has 0 bridgehead atoms. The predicted molar refractivity (Wildman–Crippen MR) is 139 cm³/mol. The highest BCUT2D eigenvalue weighted by Crippen LogP contribution is 2.33. The number of carboxylic acids is 1. The van der Waals surface area contributed by atoms with Gasteiger partial charge in [-0.05, 0) is 66.6 Å². The van der Waals surface area contributed by atoms with Gasteiger partial charge in [-0.3, -0.25) is 9.78 Å². The summed E-state index contributed by atoms with van der Waals surface area (Å²) >= 11 is 0. The molecule has 0 aliphatic rings. The van der Waals surface area contributed by atoms with Crippen molar-refractivity contribution < 1.29 is 14.6 Å². The Labute approximate surface area is 218 Å². The Morgan fingerprint density at radius 1 is 1.03 bits per heavy atom. The van der Waals surface area contributed by atoms with Crippen molar-refractivity contribution in [1.29, 1.82) is 0 Å². The maximum atomic E-state index is 10.8. The van der Waals surface area contributed by atoms with Crippen LogP contribution >= 0.6 is 0 Å². The number of rotatable bonds is 9. The summed E-state index contributed by atoms with van der Waals surface area (Å²) in [7, 11) is 0. The Balaban J connectivity index is 1.29. The van der Waals surface area contributed by atoms with E-state index in [2.05, 4.69) is 30.7 Å². The van der Waals surface area contributed by atoms with Gasteiger partial charge in [-0.15, -0.1) is 10.2 Å². The largest absolute Gasteiger partial charge is 0.480 e. The maximum absolute atomic E-state index is 10.8. The highest BCUT2D eigenvalue weighted by Gasteiger charge is 2.14. The monoisotopic (exact) mass is 508 g/mol. The van der Waals surface area contributed by atoms with Gasteiger partial charge in [-0.2, -0.15) is 4.80 Å². The summed E-state index contributed by atoms with van der Waals surface area (Å²) in [5.41, 5.74) is 5.14. The molecule has 2 N–H and O–H groups in total. The van der Waals surface area contributed by atoms with Gasteiger partial charge in [0.25, 0.3) is 0 Å². The molecule has 11 heteroatoms. The number of aryl methyl sites for hydroxylation is 2. The molecule has 0 saturated carbocycles. The molecule has 5 aromatic rings. The quantitative estimate of drug-likeness (QED) is 0.295. The van der Waals surface area contributed by atoms with Crippen LogP contribution < -0.4 is 10.1 Å². The Kier molecular flexibility index (Phi) is 6.98. The molecule has 11 nitrogen and oxygen atoms in total. The molecule has 0 aliphatic carbocycles. The van der Waals surface area contributed by atoms with Gasteiger partial charge in [-0.1, -0.05) is 18.2 Å². The number of pyridine rings is 3. The summed E-state index contributed by atoms with van der Waals surface area (Å²) in [6.07, 6.45) is 3.84. The topological polar surface area (TPSA) is 141 Å². The van der Waals surface area contributed by atoms with Crippen LogP contribution in [-0.2, 0) is 17.8 Å². The van der Waals surface area contributed by atoms with Crippen molar-refractivity contribution in [1.82, 2.24) is 35.2 Å². The number of benzene rings is 1. The number of carbonyl (C=O) groups is 1. The first kappa shape index (κ1) is 24.5. The van der Waals surface area contributed by atoms with E-state index >= 15 is 0 Å². The summed E-state index contributed by atoms with van der Waals surface area (Å²) in [5, 5.41) is 23.9. The minimum absolute atomic E-state index is 0.323. The van der Waals surface area contributed by atoms with E-state index in [1.165, 1.54) is 0 Å². The Morgan fingerprint density at radius 3 is 2.63 bits per heavy atom. The van der Waals surface area contributed by atoms with Crippen LogP contribution in [0.3, 0.4) is 0 Å². The maximum Gasteiger partial charge on any atom is 0.327 e. The highest BCUT2D eigenvalue weighted by molar-refractivity contribution is 5.66. The fraction of sp³-hybridized carbons (Fsp3) is 0.148. The van der Waals surface area contributed by atoms with Crippen LogP contribution in [0.1, 0.15) is 22.6 Å². The first-order chi connectivity index (χ1) is 18.4. The molecule has 4 aromatic heterocycles. The zero-order valence-electron chi connectivity index (χ0n) is 20.7. The van der Waals surface area contributed by atoms with Crippen molar-refractivity contribution >= 4 is 17.5 Å². The molecule has 0 fully saturated rings. The minimum atomic E-state index is -1.02. The standard InChI is InChI=1S/C27H24N8O3/c1-17-13-23(27(30-18(17)2)22-5-3-4-11-28-22)38-21-10-12-29-24(15-21)31-20-8-6-19(7-9-20)14-25-32-34-35(33-25)16-26(36)37/h3-13,15H,14,16H2,1-2H3,(H,29,31)(H,36,37). The summed E-state index contributed by atoms with van der Waals surface area (Å²) in [6.45, 7) is 3.63. The summed E-state index contributed by atoms with van der Waals surface area (Å²) in [4.78, 5) is 25.4. The van der Waals surface area contributed by atoms with Gasteiger partial charge in [0.2, 0.25) is 0 Å². The van der Waals surface area contributed by atoms with E-state index in [-0.39, 0.29) is 6.54 Å². The zero-order valence-corrected chi connectivity index (χ0v) is 20.7. The molecule has 0 unspecified atom stereocenters. The van der Waals surface area contributed by atoms with Crippen molar-refractivity contribution in [3.05, 3.63) is 95.7 Å². The second kappa shape index (κ2) is 10.8. The highest BCUT2D eigenvalue weighted by atomic mass is 16.5. The first-order valence-electron chi connectivity index (χ1n) is 11.8. The van der Waals surface area contributed by atoms with Crippen LogP contribution in [0.2, 0.25) is 0 Å². The number of ether oxygens (including phenoxy) is 1. The number of hydrogen-bond acceptors (Lipinski definition) is 9. The van der Waals surface area contributed by atoms with Crippen LogP contribution in [0, 0.1) is 13.8 Å². The first-order valence-corrected chi connectivity index (χ1v) is 11.8. The molecule has 0 radical (unpaired) electrons. The number of tetrazole rings is 1. The molecule has 190 valence electrons. The molecular formula is C27H24N8O3.